The van der Waals surface area contributed by atoms with Crippen LogP contribution < -0.4 is 16.2 Å². The molecule has 164 valence electrons. The number of amides is 2. The third kappa shape index (κ3) is 5.00. The molecule has 1 aliphatic rings. The van der Waals surface area contributed by atoms with E-state index in [4.69, 9.17) is 11.6 Å². The van der Waals surface area contributed by atoms with Gasteiger partial charge in [-0.3, -0.25) is 14.4 Å². The number of nitrogens with zero attached hydrogens (tertiary/aromatic N) is 1. The first-order valence-corrected chi connectivity index (χ1v) is 11.1. The highest BCUT2D eigenvalue weighted by Crippen LogP contribution is 2.31. The fourth-order valence-corrected chi connectivity index (χ4v) is 4.39. The first kappa shape index (κ1) is 22.0. The van der Waals surface area contributed by atoms with E-state index in [-0.39, 0.29) is 28.5 Å². The van der Waals surface area contributed by atoms with Crippen LogP contribution in [0.4, 0.5) is 15.9 Å². The second-order valence-electron chi connectivity index (χ2n) is 7.14. The standard InChI is InChI=1S/C22H18ClFN4O3S/c23-15-10-13(6-7-16(15)24)25-20(30)14-11-17(29)26-19-18(14)21(31)28-22(27-19)32-9-8-12-4-2-1-3-5-12/h1-7,10,14H,8-9,11H2,(H,25,30)(H2,26,27,28,29,31)/t14-/m1/s1. The summed E-state index contributed by atoms with van der Waals surface area (Å²) in [6.07, 6.45) is 0.572. The van der Waals surface area contributed by atoms with Crippen LogP contribution in [-0.4, -0.2) is 27.5 Å². The normalized spacial score (nSPS) is 15.1. The maximum absolute atomic E-state index is 13.4. The Morgan fingerprint density at radius 1 is 1.22 bits per heavy atom. The largest absolute Gasteiger partial charge is 0.325 e. The van der Waals surface area contributed by atoms with Crippen LogP contribution in [0.1, 0.15) is 23.5 Å². The van der Waals surface area contributed by atoms with Crippen molar-refractivity contribution in [3.63, 3.8) is 0 Å². The molecular weight excluding hydrogens is 455 g/mol. The van der Waals surface area contributed by atoms with E-state index >= 15 is 0 Å². The molecule has 3 aromatic rings. The van der Waals surface area contributed by atoms with Gasteiger partial charge in [-0.15, -0.1) is 0 Å². The van der Waals surface area contributed by atoms with Crippen LogP contribution in [0, 0.1) is 5.82 Å². The van der Waals surface area contributed by atoms with E-state index in [0.29, 0.717) is 10.9 Å². The molecule has 7 nitrogen and oxygen atoms in total. The van der Waals surface area contributed by atoms with Gasteiger partial charge >= 0.3 is 0 Å². The molecule has 2 aromatic carbocycles. The highest BCUT2D eigenvalue weighted by Gasteiger charge is 2.34. The zero-order chi connectivity index (χ0) is 22.7. The molecule has 10 heteroatoms. The van der Waals surface area contributed by atoms with E-state index in [1.807, 2.05) is 30.3 Å². The van der Waals surface area contributed by atoms with Gasteiger partial charge in [0.1, 0.15) is 11.6 Å². The van der Waals surface area contributed by atoms with E-state index in [1.165, 1.54) is 23.9 Å². The first-order chi connectivity index (χ1) is 15.4. The summed E-state index contributed by atoms with van der Waals surface area (Å²) in [6.45, 7) is 0. The molecule has 0 radical (unpaired) electrons. The molecule has 0 bridgehead atoms. The van der Waals surface area contributed by atoms with Crippen LogP contribution in [0.25, 0.3) is 0 Å². The third-order valence-electron chi connectivity index (χ3n) is 4.91. The van der Waals surface area contributed by atoms with Crippen LogP contribution in [0.2, 0.25) is 5.02 Å². The summed E-state index contributed by atoms with van der Waals surface area (Å²) >= 11 is 7.10. The number of nitrogens with one attached hydrogen (secondary N) is 3. The Balaban J connectivity index is 1.52. The maximum Gasteiger partial charge on any atom is 0.257 e. The number of fused-ring (bicyclic) bond motifs is 1. The molecule has 1 atom stereocenters. The summed E-state index contributed by atoms with van der Waals surface area (Å²) in [7, 11) is 0. The minimum Gasteiger partial charge on any atom is -0.325 e. The molecule has 0 saturated carbocycles. The fraction of sp³-hybridized carbons (Fsp3) is 0.182. The van der Waals surface area contributed by atoms with Crippen molar-refractivity contribution in [3.05, 3.63) is 80.9 Å². The number of benzene rings is 2. The summed E-state index contributed by atoms with van der Waals surface area (Å²) in [4.78, 5) is 44.8. The second kappa shape index (κ2) is 9.54. The van der Waals surface area contributed by atoms with Crippen molar-refractivity contribution >= 4 is 46.7 Å². The Morgan fingerprint density at radius 3 is 2.75 bits per heavy atom. The van der Waals surface area contributed by atoms with E-state index in [9.17, 15) is 18.8 Å². The smallest absolute Gasteiger partial charge is 0.257 e. The van der Waals surface area contributed by atoms with Crippen molar-refractivity contribution in [2.45, 2.75) is 23.9 Å². The predicted molar refractivity (Wildman–Crippen MR) is 122 cm³/mol. The average Bonchev–Trinajstić information content (AvgIpc) is 2.76. The van der Waals surface area contributed by atoms with Gasteiger partial charge in [0, 0.05) is 17.9 Å². The van der Waals surface area contributed by atoms with Crippen LogP contribution in [0.5, 0.6) is 0 Å². The molecule has 32 heavy (non-hydrogen) atoms. The molecular formula is C22H18ClFN4O3S. The molecule has 0 unspecified atom stereocenters. The number of carbonyl (C=O) groups is 2. The van der Waals surface area contributed by atoms with Crippen LogP contribution in [0.3, 0.4) is 0 Å². The summed E-state index contributed by atoms with van der Waals surface area (Å²) in [5.41, 5.74) is 1.01. The van der Waals surface area contributed by atoms with Gasteiger partial charge in [-0.05, 0) is 30.2 Å². The lowest BCUT2D eigenvalue weighted by atomic mass is 9.92. The molecule has 0 fully saturated rings. The Bertz CT molecular complexity index is 1240. The van der Waals surface area contributed by atoms with Crippen molar-refractivity contribution in [2.75, 3.05) is 16.4 Å². The molecule has 4 rings (SSSR count). The van der Waals surface area contributed by atoms with Gasteiger partial charge in [0.25, 0.3) is 5.56 Å². The Hall–Kier alpha value is -3.17. The lowest BCUT2D eigenvalue weighted by Gasteiger charge is -2.23. The average molecular weight is 473 g/mol. The molecule has 1 aliphatic heterocycles. The number of hydrogen-bond donors (Lipinski definition) is 3. The SMILES string of the molecule is O=C1C[C@@H](C(=O)Nc2ccc(F)c(Cl)c2)c2c(nc(SCCc3ccccc3)[nH]c2=O)N1. The molecule has 2 heterocycles. The van der Waals surface area contributed by atoms with E-state index in [0.717, 1.165) is 18.1 Å². The number of aryl methyl sites for hydroxylation is 1. The van der Waals surface area contributed by atoms with E-state index in [1.54, 1.807) is 0 Å². The molecule has 0 aliphatic carbocycles. The number of H-pyrrole nitrogens is 1. The van der Waals surface area contributed by atoms with Crippen molar-refractivity contribution < 1.29 is 14.0 Å². The molecule has 0 saturated heterocycles. The number of hydrogen-bond acceptors (Lipinski definition) is 5. The summed E-state index contributed by atoms with van der Waals surface area (Å²) < 4.78 is 13.4. The van der Waals surface area contributed by atoms with Gasteiger partial charge in [-0.25, -0.2) is 9.37 Å². The number of thioether (sulfide) groups is 1. The van der Waals surface area contributed by atoms with Gasteiger partial charge in [-0.2, -0.15) is 0 Å². The molecule has 1 aromatic heterocycles. The first-order valence-electron chi connectivity index (χ1n) is 9.77. The lowest BCUT2D eigenvalue weighted by Crippen LogP contribution is -2.36. The fourth-order valence-electron chi connectivity index (χ4n) is 3.36. The van der Waals surface area contributed by atoms with Gasteiger partial charge in [0.15, 0.2) is 5.16 Å². The number of anilines is 2. The molecule has 3 N–H and O–H groups in total. The predicted octanol–water partition coefficient (Wildman–Crippen LogP) is 3.96. The number of carbonyl (C=O) groups excluding carboxylic acids is 2. The Labute approximate surface area is 191 Å². The summed E-state index contributed by atoms with van der Waals surface area (Å²) in [5.74, 6) is -1.92. The van der Waals surface area contributed by atoms with Gasteiger partial charge in [0.05, 0.1) is 16.5 Å². The Kier molecular flexibility index (Phi) is 6.57. The highest BCUT2D eigenvalue weighted by molar-refractivity contribution is 7.99. The van der Waals surface area contributed by atoms with Crippen molar-refractivity contribution in [1.82, 2.24) is 9.97 Å². The topological polar surface area (TPSA) is 104 Å². The Morgan fingerprint density at radius 2 is 2.00 bits per heavy atom. The maximum atomic E-state index is 13.4. The number of rotatable bonds is 6. The van der Waals surface area contributed by atoms with Gasteiger partial charge in [-0.1, -0.05) is 53.7 Å². The minimum atomic E-state index is -1.04. The van der Waals surface area contributed by atoms with Crippen LogP contribution in [-0.2, 0) is 16.0 Å². The third-order valence-corrected chi connectivity index (χ3v) is 6.07. The molecule has 0 spiro atoms. The summed E-state index contributed by atoms with van der Waals surface area (Å²) in [5, 5.41) is 5.37. The number of aromatic nitrogens is 2. The van der Waals surface area contributed by atoms with Crippen LogP contribution in [0.15, 0.2) is 58.5 Å². The van der Waals surface area contributed by atoms with Crippen molar-refractivity contribution in [3.8, 4) is 0 Å². The quantitative estimate of drug-likeness (QED) is 0.372. The number of halogens is 2. The van der Waals surface area contributed by atoms with Crippen LogP contribution >= 0.6 is 23.4 Å². The minimum absolute atomic E-state index is 0.0736. The monoisotopic (exact) mass is 472 g/mol. The summed E-state index contributed by atoms with van der Waals surface area (Å²) in [6, 6.07) is 13.6. The van der Waals surface area contributed by atoms with Gasteiger partial charge in [0.2, 0.25) is 11.8 Å². The second-order valence-corrected chi connectivity index (χ2v) is 8.63. The zero-order valence-corrected chi connectivity index (χ0v) is 18.2. The molecule has 2 amide bonds. The van der Waals surface area contributed by atoms with E-state index in [2.05, 4.69) is 20.6 Å². The van der Waals surface area contributed by atoms with Crippen molar-refractivity contribution in [1.29, 1.82) is 0 Å². The lowest BCUT2D eigenvalue weighted by molar-refractivity contribution is -0.123. The highest BCUT2D eigenvalue weighted by atomic mass is 35.5. The number of aromatic amines is 1. The van der Waals surface area contributed by atoms with Crippen molar-refractivity contribution in [2.24, 2.45) is 0 Å². The van der Waals surface area contributed by atoms with Gasteiger partial charge < -0.3 is 15.6 Å². The van der Waals surface area contributed by atoms with E-state index < -0.39 is 29.1 Å². The zero-order valence-electron chi connectivity index (χ0n) is 16.7.